The summed E-state index contributed by atoms with van der Waals surface area (Å²) >= 11 is 0. The number of urea groups is 1. The smallest absolute Gasteiger partial charge is 0.348 e. The van der Waals surface area contributed by atoms with Gasteiger partial charge in [-0.05, 0) is 24.0 Å². The van der Waals surface area contributed by atoms with E-state index in [-0.39, 0.29) is 18.4 Å². The van der Waals surface area contributed by atoms with E-state index in [0.717, 1.165) is 29.7 Å². The van der Waals surface area contributed by atoms with Gasteiger partial charge in [0, 0.05) is 33.9 Å². The van der Waals surface area contributed by atoms with Crippen LogP contribution in [0.15, 0.2) is 23.2 Å². The molecule has 0 heterocycles. The van der Waals surface area contributed by atoms with Crippen LogP contribution in [0.2, 0.25) is 0 Å². The van der Waals surface area contributed by atoms with Gasteiger partial charge < -0.3 is 15.1 Å². The van der Waals surface area contributed by atoms with Crippen LogP contribution in [0.1, 0.15) is 25.0 Å². The fourth-order valence-electron chi connectivity index (χ4n) is 2.23. The Morgan fingerprint density at radius 3 is 1.86 bits per heavy atom. The zero-order chi connectivity index (χ0) is 16.0. The van der Waals surface area contributed by atoms with E-state index in [1.54, 1.807) is 0 Å². The molecule has 0 fully saturated rings. The molecule has 0 saturated carbocycles. The van der Waals surface area contributed by atoms with Gasteiger partial charge in [-0.1, -0.05) is 32.0 Å². The summed E-state index contributed by atoms with van der Waals surface area (Å²) < 4.78 is 0. The molecule has 0 saturated heterocycles. The number of carbonyl (C=O) groups is 1. The van der Waals surface area contributed by atoms with Crippen molar-refractivity contribution in [2.45, 2.75) is 26.7 Å². The molecule has 1 aromatic carbocycles. The van der Waals surface area contributed by atoms with E-state index in [1.165, 1.54) is 0 Å². The minimum Gasteiger partial charge on any atom is -0.349 e. The maximum atomic E-state index is 12.2. The lowest BCUT2D eigenvalue weighted by Gasteiger charge is -2.22. The lowest BCUT2D eigenvalue weighted by Crippen LogP contribution is -2.36. The molecule has 1 N–H and O–H groups in total. The molecule has 0 spiro atoms. The number of guanidine groups is 1. The van der Waals surface area contributed by atoms with Gasteiger partial charge in [-0.2, -0.15) is 4.99 Å². The standard InChI is InChI=1S/C16H26N4O.ClH/c1-7-12-10-9-11-13(8-2)14(12)17-15(21)18-16(19(3)4)20(5)6;/h9-11H,7-8H2,1-6H3,(H,17,21);1H. The highest BCUT2D eigenvalue weighted by Crippen LogP contribution is 2.22. The number of nitrogens with zero attached hydrogens (tertiary/aromatic N) is 3. The highest BCUT2D eigenvalue weighted by atomic mass is 35.5. The first-order chi connectivity index (χ1) is 9.90. The van der Waals surface area contributed by atoms with Gasteiger partial charge in [-0.25, -0.2) is 4.79 Å². The van der Waals surface area contributed by atoms with Crippen molar-refractivity contribution >= 4 is 30.1 Å². The number of hydrogen-bond donors (Lipinski definition) is 1. The summed E-state index contributed by atoms with van der Waals surface area (Å²) in [6, 6.07) is 5.76. The number of carbonyl (C=O) groups excluding carboxylic acids is 1. The predicted molar refractivity (Wildman–Crippen MR) is 96.3 cm³/mol. The summed E-state index contributed by atoms with van der Waals surface area (Å²) in [5.74, 6) is 0.611. The third kappa shape index (κ3) is 5.22. The van der Waals surface area contributed by atoms with Crippen molar-refractivity contribution in [1.82, 2.24) is 9.80 Å². The van der Waals surface area contributed by atoms with Gasteiger partial charge in [0.1, 0.15) is 0 Å². The first kappa shape index (κ1) is 20.2. The topological polar surface area (TPSA) is 47.9 Å². The Hall–Kier alpha value is -1.75. The summed E-state index contributed by atoms with van der Waals surface area (Å²) in [5, 5.41) is 2.94. The molecule has 5 nitrogen and oxygen atoms in total. The molecule has 124 valence electrons. The quantitative estimate of drug-likeness (QED) is 0.685. The van der Waals surface area contributed by atoms with E-state index in [2.05, 4.69) is 24.2 Å². The van der Waals surface area contributed by atoms with Gasteiger partial charge >= 0.3 is 6.03 Å². The Labute approximate surface area is 139 Å². The zero-order valence-electron chi connectivity index (χ0n) is 14.3. The third-order valence-electron chi connectivity index (χ3n) is 3.23. The van der Waals surface area contributed by atoms with Gasteiger partial charge in [0.25, 0.3) is 0 Å². The molecule has 6 heteroatoms. The molecule has 22 heavy (non-hydrogen) atoms. The molecule has 0 aliphatic carbocycles. The fraction of sp³-hybridized carbons (Fsp3) is 0.500. The number of anilines is 1. The van der Waals surface area contributed by atoms with Crippen molar-refractivity contribution < 1.29 is 4.79 Å². The second-order valence-electron chi connectivity index (χ2n) is 5.29. The van der Waals surface area contributed by atoms with E-state index in [4.69, 9.17) is 0 Å². The van der Waals surface area contributed by atoms with Gasteiger partial charge in [-0.3, -0.25) is 0 Å². The number of para-hydroxylation sites is 1. The van der Waals surface area contributed by atoms with Crippen molar-refractivity contribution in [3.8, 4) is 0 Å². The van der Waals surface area contributed by atoms with Gasteiger partial charge in [0.2, 0.25) is 5.96 Å². The second-order valence-corrected chi connectivity index (χ2v) is 5.29. The summed E-state index contributed by atoms with van der Waals surface area (Å²) in [6.45, 7) is 4.16. The van der Waals surface area contributed by atoms with E-state index in [0.29, 0.717) is 5.96 Å². The monoisotopic (exact) mass is 326 g/mol. The Morgan fingerprint density at radius 1 is 1.05 bits per heavy atom. The molecule has 0 atom stereocenters. The van der Waals surface area contributed by atoms with Crippen LogP contribution in [0.5, 0.6) is 0 Å². The van der Waals surface area contributed by atoms with Gasteiger partial charge in [-0.15, -0.1) is 12.4 Å². The van der Waals surface area contributed by atoms with Crippen molar-refractivity contribution in [3.05, 3.63) is 29.3 Å². The predicted octanol–water partition coefficient (Wildman–Crippen LogP) is 3.24. The zero-order valence-corrected chi connectivity index (χ0v) is 15.1. The molecule has 0 aromatic heterocycles. The number of aryl methyl sites for hydroxylation is 2. The molecule has 1 aromatic rings. The number of aliphatic imine (C=N–C) groups is 1. The van der Waals surface area contributed by atoms with Crippen LogP contribution in [-0.4, -0.2) is 50.0 Å². The Bertz CT molecular complexity index is 495. The Morgan fingerprint density at radius 2 is 1.50 bits per heavy atom. The SMILES string of the molecule is CCc1cccc(CC)c1NC(=O)N=C(N(C)C)N(C)C.Cl. The normalized spacial score (nSPS) is 9.55. The van der Waals surface area contributed by atoms with E-state index in [9.17, 15) is 4.79 Å². The average molecular weight is 327 g/mol. The molecule has 0 radical (unpaired) electrons. The number of halogens is 1. The highest BCUT2D eigenvalue weighted by Gasteiger charge is 2.12. The molecule has 0 aliphatic rings. The number of hydrogen-bond acceptors (Lipinski definition) is 1. The highest BCUT2D eigenvalue weighted by molar-refractivity contribution is 5.99. The lowest BCUT2D eigenvalue weighted by molar-refractivity contribution is 0.258. The third-order valence-corrected chi connectivity index (χ3v) is 3.23. The number of benzene rings is 1. The van der Waals surface area contributed by atoms with Crippen molar-refractivity contribution in [1.29, 1.82) is 0 Å². The molecule has 2 amide bonds. The Kier molecular flexibility index (Phi) is 8.56. The van der Waals surface area contributed by atoms with Crippen LogP contribution in [0.4, 0.5) is 10.5 Å². The Balaban J connectivity index is 0.00000441. The van der Waals surface area contributed by atoms with Crippen molar-refractivity contribution in [2.24, 2.45) is 4.99 Å². The van der Waals surface area contributed by atoms with Crippen LogP contribution in [0.25, 0.3) is 0 Å². The molecule has 1 rings (SSSR count). The minimum atomic E-state index is -0.344. The van der Waals surface area contributed by atoms with Crippen molar-refractivity contribution in [3.63, 3.8) is 0 Å². The molecule has 0 unspecified atom stereocenters. The minimum absolute atomic E-state index is 0. The first-order valence-electron chi connectivity index (χ1n) is 7.25. The lowest BCUT2D eigenvalue weighted by atomic mass is 10.0. The van der Waals surface area contributed by atoms with E-state index < -0.39 is 0 Å². The molecular formula is C16H27ClN4O. The molecule has 0 bridgehead atoms. The van der Waals surface area contributed by atoms with Crippen LogP contribution in [0, 0.1) is 0 Å². The summed E-state index contributed by atoms with van der Waals surface area (Å²) in [7, 11) is 7.46. The first-order valence-corrected chi connectivity index (χ1v) is 7.25. The van der Waals surface area contributed by atoms with Crippen molar-refractivity contribution in [2.75, 3.05) is 33.5 Å². The summed E-state index contributed by atoms with van der Waals surface area (Å²) in [6.07, 6.45) is 1.75. The molecular weight excluding hydrogens is 300 g/mol. The van der Waals surface area contributed by atoms with Gasteiger partial charge in [0.15, 0.2) is 0 Å². The summed E-state index contributed by atoms with van der Waals surface area (Å²) in [4.78, 5) is 20.0. The fourth-order valence-corrected chi connectivity index (χ4v) is 2.23. The molecule has 0 aliphatic heterocycles. The van der Waals surface area contributed by atoms with E-state index >= 15 is 0 Å². The van der Waals surface area contributed by atoms with Crippen LogP contribution in [-0.2, 0) is 12.8 Å². The number of rotatable bonds is 3. The van der Waals surface area contributed by atoms with Crippen LogP contribution in [0.3, 0.4) is 0 Å². The number of amides is 2. The van der Waals surface area contributed by atoms with Crippen LogP contribution < -0.4 is 5.32 Å². The summed E-state index contributed by atoms with van der Waals surface area (Å²) in [5.41, 5.74) is 3.16. The van der Waals surface area contributed by atoms with E-state index in [1.807, 2.05) is 56.2 Å². The second kappa shape index (κ2) is 9.30. The van der Waals surface area contributed by atoms with Crippen LogP contribution >= 0.6 is 12.4 Å². The maximum Gasteiger partial charge on any atom is 0.348 e. The average Bonchev–Trinajstić information content (AvgIpc) is 2.44. The number of nitrogens with one attached hydrogen (secondary N) is 1. The maximum absolute atomic E-state index is 12.2. The largest absolute Gasteiger partial charge is 0.349 e. The van der Waals surface area contributed by atoms with Gasteiger partial charge in [0.05, 0.1) is 0 Å².